The molecule has 0 aromatic carbocycles. The summed E-state index contributed by atoms with van der Waals surface area (Å²) >= 11 is 0. The molecule has 0 atom stereocenters. The Kier molecular flexibility index (Phi) is 3.08. The second-order valence-electron chi connectivity index (χ2n) is 3.92. The van der Waals surface area contributed by atoms with Crippen LogP contribution in [0.5, 0.6) is 0 Å². The summed E-state index contributed by atoms with van der Waals surface area (Å²) in [6.45, 7) is 3.99. The number of pyridine rings is 1. The minimum atomic E-state index is -0.342. The predicted molar refractivity (Wildman–Crippen MR) is 63.1 cm³/mol. The number of aryl methyl sites for hydroxylation is 2. The first kappa shape index (κ1) is 11.6. The summed E-state index contributed by atoms with van der Waals surface area (Å²) in [4.78, 5) is 11.5. The molecule has 17 heavy (non-hydrogen) atoms. The van der Waals surface area contributed by atoms with E-state index >= 15 is 0 Å². The van der Waals surface area contributed by atoms with Crippen LogP contribution in [0.15, 0.2) is 12.1 Å². The summed E-state index contributed by atoms with van der Waals surface area (Å²) < 4.78 is 6.70. The number of aromatic nitrogens is 3. The van der Waals surface area contributed by atoms with Crippen molar-refractivity contribution in [1.29, 1.82) is 0 Å². The van der Waals surface area contributed by atoms with Crippen molar-refractivity contribution >= 4 is 11.6 Å². The van der Waals surface area contributed by atoms with E-state index in [0.717, 1.165) is 24.4 Å². The van der Waals surface area contributed by atoms with Crippen LogP contribution in [0, 0.1) is 6.92 Å². The average Bonchev–Trinajstić information content (AvgIpc) is 2.70. The summed E-state index contributed by atoms with van der Waals surface area (Å²) in [5, 5.41) is 8.07. The van der Waals surface area contributed by atoms with Crippen LogP contribution in [0.2, 0.25) is 0 Å². The maximum atomic E-state index is 11.5. The normalized spacial score (nSPS) is 10.8. The zero-order valence-corrected chi connectivity index (χ0v) is 10.2. The van der Waals surface area contributed by atoms with Gasteiger partial charge in [-0.05, 0) is 25.5 Å². The molecule has 0 saturated heterocycles. The topological polar surface area (TPSA) is 56.5 Å². The Bertz CT molecular complexity index is 560. The predicted octanol–water partition coefficient (Wildman–Crippen LogP) is 1.78. The van der Waals surface area contributed by atoms with Crippen molar-refractivity contribution in [3.63, 3.8) is 0 Å². The van der Waals surface area contributed by atoms with E-state index in [2.05, 4.69) is 17.1 Å². The van der Waals surface area contributed by atoms with Crippen molar-refractivity contribution in [3.05, 3.63) is 29.2 Å². The zero-order valence-electron chi connectivity index (χ0n) is 10.2. The van der Waals surface area contributed by atoms with Crippen LogP contribution < -0.4 is 0 Å². The van der Waals surface area contributed by atoms with Crippen molar-refractivity contribution in [3.8, 4) is 0 Å². The van der Waals surface area contributed by atoms with Gasteiger partial charge in [0.25, 0.3) is 0 Å². The Morgan fingerprint density at radius 3 is 2.82 bits per heavy atom. The molecule has 5 heteroatoms. The second-order valence-corrected chi connectivity index (χ2v) is 3.92. The summed E-state index contributed by atoms with van der Waals surface area (Å²) in [5.41, 5.74) is 2.25. The number of esters is 1. The van der Waals surface area contributed by atoms with Gasteiger partial charge in [-0.25, -0.2) is 4.79 Å². The minimum Gasteiger partial charge on any atom is -0.465 e. The zero-order chi connectivity index (χ0) is 12.4. The van der Waals surface area contributed by atoms with E-state index < -0.39 is 0 Å². The summed E-state index contributed by atoms with van der Waals surface area (Å²) in [5.74, 6) is 0.491. The third-order valence-electron chi connectivity index (χ3n) is 2.67. The lowest BCUT2D eigenvalue weighted by atomic mass is 10.1. The number of rotatable bonds is 3. The molecule has 2 aromatic heterocycles. The lowest BCUT2D eigenvalue weighted by molar-refractivity contribution is 0.0600. The van der Waals surface area contributed by atoms with Crippen LogP contribution in [0.4, 0.5) is 0 Å². The first-order valence-electron chi connectivity index (χ1n) is 5.60. The molecule has 0 aliphatic rings. The third-order valence-corrected chi connectivity index (χ3v) is 2.67. The number of methoxy groups -OCH3 is 1. The van der Waals surface area contributed by atoms with Gasteiger partial charge in [0.05, 0.1) is 12.7 Å². The van der Waals surface area contributed by atoms with Crippen LogP contribution in [-0.2, 0) is 11.2 Å². The van der Waals surface area contributed by atoms with Crippen molar-refractivity contribution in [2.75, 3.05) is 7.11 Å². The van der Waals surface area contributed by atoms with Gasteiger partial charge in [0.1, 0.15) is 5.82 Å². The lowest BCUT2D eigenvalue weighted by Crippen LogP contribution is -2.06. The van der Waals surface area contributed by atoms with Crippen molar-refractivity contribution in [1.82, 2.24) is 14.6 Å². The second kappa shape index (κ2) is 4.53. The minimum absolute atomic E-state index is 0.342. The van der Waals surface area contributed by atoms with E-state index in [9.17, 15) is 4.79 Å². The molecule has 0 unspecified atom stereocenters. The summed E-state index contributed by atoms with van der Waals surface area (Å²) in [6.07, 6.45) is 1.87. The Hall–Kier alpha value is -1.91. The standard InChI is InChI=1S/C12H15N3O2/c1-4-5-10-6-9(12(16)17-3)7-11-14-13-8(2)15(10)11/h6-7H,4-5H2,1-3H3. The lowest BCUT2D eigenvalue weighted by Gasteiger charge is -2.07. The summed E-state index contributed by atoms with van der Waals surface area (Å²) in [7, 11) is 1.38. The monoisotopic (exact) mass is 233 g/mol. The van der Waals surface area contributed by atoms with E-state index in [0.29, 0.717) is 11.2 Å². The highest BCUT2D eigenvalue weighted by Gasteiger charge is 2.12. The molecule has 0 N–H and O–H groups in total. The molecule has 0 fully saturated rings. The number of carbonyl (C=O) groups is 1. The van der Waals surface area contributed by atoms with Gasteiger partial charge < -0.3 is 4.74 Å². The Balaban J connectivity index is 2.64. The van der Waals surface area contributed by atoms with Gasteiger partial charge in [0.2, 0.25) is 0 Å². The Morgan fingerprint density at radius 1 is 1.41 bits per heavy atom. The molecule has 0 bridgehead atoms. The van der Waals surface area contributed by atoms with Crippen LogP contribution in [0.3, 0.4) is 0 Å². The molecule has 2 rings (SSSR count). The van der Waals surface area contributed by atoms with Crippen molar-refractivity contribution in [2.24, 2.45) is 0 Å². The molecule has 2 aromatic rings. The Labute approximate surface area is 99.4 Å². The fourth-order valence-electron chi connectivity index (χ4n) is 1.93. The highest BCUT2D eigenvalue weighted by Crippen LogP contribution is 2.14. The van der Waals surface area contributed by atoms with E-state index in [4.69, 9.17) is 4.74 Å². The fourth-order valence-corrected chi connectivity index (χ4v) is 1.93. The first-order valence-corrected chi connectivity index (χ1v) is 5.60. The SMILES string of the molecule is CCCc1cc(C(=O)OC)cc2nnc(C)n12. The highest BCUT2D eigenvalue weighted by atomic mass is 16.5. The van der Waals surface area contributed by atoms with Gasteiger partial charge in [-0.3, -0.25) is 4.40 Å². The molecule has 2 heterocycles. The van der Waals surface area contributed by atoms with E-state index in [1.165, 1.54) is 7.11 Å². The molecular weight excluding hydrogens is 218 g/mol. The smallest absolute Gasteiger partial charge is 0.338 e. The molecule has 0 aliphatic carbocycles. The maximum absolute atomic E-state index is 11.5. The van der Waals surface area contributed by atoms with E-state index in [-0.39, 0.29) is 5.97 Å². The number of nitrogens with zero attached hydrogens (tertiary/aromatic N) is 3. The van der Waals surface area contributed by atoms with Crippen LogP contribution in [-0.4, -0.2) is 27.7 Å². The quantitative estimate of drug-likeness (QED) is 0.758. The molecule has 90 valence electrons. The molecule has 5 nitrogen and oxygen atoms in total. The number of ether oxygens (including phenoxy) is 1. The first-order chi connectivity index (χ1) is 8.17. The molecule has 0 aliphatic heterocycles. The highest BCUT2D eigenvalue weighted by molar-refractivity contribution is 5.90. The number of hydrogen-bond acceptors (Lipinski definition) is 4. The van der Waals surface area contributed by atoms with Crippen LogP contribution in [0.1, 0.15) is 35.2 Å². The molecular formula is C12H15N3O2. The van der Waals surface area contributed by atoms with E-state index in [1.807, 2.05) is 17.4 Å². The van der Waals surface area contributed by atoms with Gasteiger partial charge >= 0.3 is 5.97 Å². The molecule has 0 spiro atoms. The van der Waals surface area contributed by atoms with Gasteiger partial charge in [-0.15, -0.1) is 10.2 Å². The number of carbonyl (C=O) groups excluding carboxylic acids is 1. The molecule has 0 amide bonds. The molecule has 0 saturated carbocycles. The van der Waals surface area contributed by atoms with E-state index in [1.54, 1.807) is 6.07 Å². The maximum Gasteiger partial charge on any atom is 0.338 e. The summed E-state index contributed by atoms with van der Waals surface area (Å²) in [6, 6.07) is 3.55. The third kappa shape index (κ3) is 2.00. The van der Waals surface area contributed by atoms with Crippen LogP contribution in [0.25, 0.3) is 5.65 Å². The number of hydrogen-bond donors (Lipinski definition) is 0. The van der Waals surface area contributed by atoms with Crippen molar-refractivity contribution < 1.29 is 9.53 Å². The van der Waals surface area contributed by atoms with Gasteiger partial charge in [-0.1, -0.05) is 13.3 Å². The van der Waals surface area contributed by atoms with Gasteiger partial charge in [-0.2, -0.15) is 0 Å². The van der Waals surface area contributed by atoms with Gasteiger partial charge in [0.15, 0.2) is 5.65 Å². The van der Waals surface area contributed by atoms with Gasteiger partial charge in [0, 0.05) is 5.69 Å². The largest absolute Gasteiger partial charge is 0.465 e. The number of fused-ring (bicyclic) bond motifs is 1. The fraction of sp³-hybridized carbons (Fsp3) is 0.417. The Morgan fingerprint density at radius 2 is 2.18 bits per heavy atom. The average molecular weight is 233 g/mol. The molecule has 0 radical (unpaired) electrons. The van der Waals surface area contributed by atoms with Crippen LogP contribution >= 0.6 is 0 Å². The van der Waals surface area contributed by atoms with Crippen molar-refractivity contribution in [2.45, 2.75) is 26.7 Å².